The van der Waals surface area contributed by atoms with Gasteiger partial charge in [-0.3, -0.25) is 4.79 Å². The molecule has 0 fully saturated rings. The van der Waals surface area contributed by atoms with Crippen LogP contribution < -0.4 is 4.90 Å². The summed E-state index contributed by atoms with van der Waals surface area (Å²) in [6.45, 7) is 8.09. The molecule has 0 aliphatic carbocycles. The first kappa shape index (κ1) is 18.6. The van der Waals surface area contributed by atoms with Crippen molar-refractivity contribution in [2.45, 2.75) is 13.8 Å². The van der Waals surface area contributed by atoms with Gasteiger partial charge in [0.05, 0.1) is 29.0 Å². The van der Waals surface area contributed by atoms with Gasteiger partial charge in [0.1, 0.15) is 0 Å². The summed E-state index contributed by atoms with van der Waals surface area (Å²) in [4.78, 5) is 14.4. The van der Waals surface area contributed by atoms with Crippen LogP contribution in [0.4, 0.5) is 5.69 Å². The summed E-state index contributed by atoms with van der Waals surface area (Å²) in [5, 5.41) is 13.1. The van der Waals surface area contributed by atoms with Gasteiger partial charge >= 0.3 is 0 Å². The number of amides is 1. The summed E-state index contributed by atoms with van der Waals surface area (Å²) in [5.41, 5.74) is 5.63. The number of benzene rings is 2. The zero-order valence-corrected chi connectivity index (χ0v) is 16.4. The second-order valence-corrected chi connectivity index (χ2v) is 6.75. The molecule has 0 saturated carbocycles. The van der Waals surface area contributed by atoms with E-state index >= 15 is 0 Å². The van der Waals surface area contributed by atoms with Crippen molar-refractivity contribution in [3.05, 3.63) is 89.8 Å². The van der Waals surface area contributed by atoms with E-state index in [-0.39, 0.29) is 5.91 Å². The zero-order valence-electron chi connectivity index (χ0n) is 16.4. The second kappa shape index (κ2) is 7.67. The van der Waals surface area contributed by atoms with E-state index in [9.17, 15) is 4.79 Å². The Morgan fingerprint density at radius 3 is 2.55 bits per heavy atom. The van der Waals surface area contributed by atoms with Crippen molar-refractivity contribution in [1.82, 2.24) is 9.78 Å². The number of hydrogen-bond acceptors (Lipinski definition) is 4. The fourth-order valence-electron chi connectivity index (χ4n) is 3.48. The molecule has 2 heterocycles. The minimum absolute atomic E-state index is 0.170. The Labute approximate surface area is 169 Å². The van der Waals surface area contributed by atoms with Gasteiger partial charge in [-0.15, -0.1) is 11.7 Å². The molecule has 0 N–H and O–H groups in total. The van der Waals surface area contributed by atoms with E-state index in [1.807, 2.05) is 73.1 Å². The SMILES string of the molecule is C=CCN1C(=O)C(=NN=Cc2c(C)nn(-c3ccccc3)c2C)c2ccccc21. The molecule has 0 radical (unpaired) electrons. The molecular weight excluding hydrogens is 362 g/mol. The van der Waals surface area contributed by atoms with E-state index in [2.05, 4.69) is 21.9 Å². The summed E-state index contributed by atoms with van der Waals surface area (Å²) in [6, 6.07) is 17.5. The molecule has 6 heteroatoms. The predicted octanol–water partition coefficient (Wildman–Crippen LogP) is 3.84. The fraction of sp³-hybridized carbons (Fsp3) is 0.130. The molecule has 6 nitrogen and oxygen atoms in total. The van der Waals surface area contributed by atoms with Crippen molar-refractivity contribution in [2.24, 2.45) is 10.2 Å². The van der Waals surface area contributed by atoms with Crippen LogP contribution in [0.15, 0.2) is 77.5 Å². The third-order valence-electron chi connectivity index (χ3n) is 4.90. The number of hydrogen-bond donors (Lipinski definition) is 0. The van der Waals surface area contributed by atoms with Gasteiger partial charge in [0.15, 0.2) is 5.71 Å². The smallest absolute Gasteiger partial charge is 0.279 e. The van der Waals surface area contributed by atoms with Crippen LogP contribution in [0, 0.1) is 13.8 Å². The maximum Gasteiger partial charge on any atom is 0.279 e. The molecule has 29 heavy (non-hydrogen) atoms. The molecule has 144 valence electrons. The maximum absolute atomic E-state index is 12.8. The highest BCUT2D eigenvalue weighted by Gasteiger charge is 2.33. The Balaban J connectivity index is 1.67. The van der Waals surface area contributed by atoms with Crippen LogP contribution in [0.25, 0.3) is 5.69 Å². The van der Waals surface area contributed by atoms with Crippen molar-refractivity contribution < 1.29 is 4.79 Å². The van der Waals surface area contributed by atoms with Crippen LogP contribution in [0.5, 0.6) is 0 Å². The number of fused-ring (bicyclic) bond motifs is 1. The van der Waals surface area contributed by atoms with E-state index in [4.69, 9.17) is 0 Å². The Bertz CT molecular complexity index is 1140. The van der Waals surface area contributed by atoms with E-state index in [0.717, 1.165) is 33.9 Å². The number of carbonyl (C=O) groups is 1. The Kier molecular flexibility index (Phi) is 4.91. The van der Waals surface area contributed by atoms with Crippen molar-refractivity contribution in [3.8, 4) is 5.69 Å². The number of aromatic nitrogens is 2. The third kappa shape index (κ3) is 3.29. The van der Waals surface area contributed by atoms with Crippen molar-refractivity contribution in [2.75, 3.05) is 11.4 Å². The molecule has 0 spiro atoms. The van der Waals surface area contributed by atoms with E-state index < -0.39 is 0 Å². The van der Waals surface area contributed by atoms with Crippen LogP contribution in [-0.2, 0) is 4.79 Å². The highest BCUT2D eigenvalue weighted by atomic mass is 16.2. The van der Waals surface area contributed by atoms with Crippen molar-refractivity contribution >= 4 is 23.5 Å². The average molecular weight is 383 g/mol. The van der Waals surface area contributed by atoms with Gasteiger partial charge in [0.25, 0.3) is 5.91 Å². The van der Waals surface area contributed by atoms with E-state index in [1.54, 1.807) is 17.2 Å². The monoisotopic (exact) mass is 383 g/mol. The minimum atomic E-state index is -0.170. The molecule has 0 saturated heterocycles. The summed E-state index contributed by atoms with van der Waals surface area (Å²) in [6.07, 6.45) is 3.36. The number of carbonyl (C=O) groups excluding carboxylic acids is 1. The maximum atomic E-state index is 12.8. The van der Waals surface area contributed by atoms with Crippen molar-refractivity contribution in [1.29, 1.82) is 0 Å². The molecular formula is C23H21N5O. The zero-order chi connectivity index (χ0) is 20.4. The average Bonchev–Trinajstić information content (AvgIpc) is 3.18. The lowest BCUT2D eigenvalue weighted by molar-refractivity contribution is -0.112. The van der Waals surface area contributed by atoms with Crippen LogP contribution in [-0.4, -0.2) is 34.2 Å². The lowest BCUT2D eigenvalue weighted by atomic mass is 10.1. The number of anilines is 1. The summed E-state index contributed by atoms with van der Waals surface area (Å²) >= 11 is 0. The molecule has 3 aromatic rings. The molecule has 1 aromatic heterocycles. The van der Waals surface area contributed by atoms with Gasteiger partial charge in [-0.05, 0) is 32.0 Å². The van der Waals surface area contributed by atoms with E-state index in [0.29, 0.717) is 12.3 Å². The quantitative estimate of drug-likeness (QED) is 0.382. The standard InChI is InChI=1S/C23H21N5O/c1-4-14-27-21-13-9-8-12-19(21)22(23(27)29)25-24-15-20-16(2)26-28(17(20)3)18-10-6-5-7-11-18/h4-13,15H,1,14H2,2-3H3. The van der Waals surface area contributed by atoms with Gasteiger partial charge in [0, 0.05) is 17.7 Å². The Morgan fingerprint density at radius 2 is 1.79 bits per heavy atom. The molecule has 0 bridgehead atoms. The lowest BCUT2D eigenvalue weighted by Gasteiger charge is -2.13. The molecule has 4 rings (SSSR count). The molecule has 1 aliphatic rings. The number of para-hydroxylation sites is 2. The topological polar surface area (TPSA) is 62.9 Å². The van der Waals surface area contributed by atoms with Crippen LogP contribution in [0.2, 0.25) is 0 Å². The summed E-state index contributed by atoms with van der Waals surface area (Å²) in [7, 11) is 0. The first-order valence-corrected chi connectivity index (χ1v) is 9.36. The third-order valence-corrected chi connectivity index (χ3v) is 4.90. The minimum Gasteiger partial charge on any atom is -0.302 e. The molecule has 0 unspecified atom stereocenters. The highest BCUT2D eigenvalue weighted by molar-refractivity contribution is 6.54. The normalized spacial score (nSPS) is 14.8. The Morgan fingerprint density at radius 1 is 1.07 bits per heavy atom. The van der Waals surface area contributed by atoms with Crippen LogP contribution in [0.3, 0.4) is 0 Å². The predicted molar refractivity (Wildman–Crippen MR) is 116 cm³/mol. The summed E-state index contributed by atoms with van der Waals surface area (Å²) < 4.78 is 1.88. The first-order valence-electron chi connectivity index (χ1n) is 9.36. The molecule has 2 aromatic carbocycles. The second-order valence-electron chi connectivity index (χ2n) is 6.75. The van der Waals surface area contributed by atoms with Gasteiger partial charge in [0.2, 0.25) is 0 Å². The largest absolute Gasteiger partial charge is 0.302 e. The number of rotatable bonds is 5. The van der Waals surface area contributed by atoms with Gasteiger partial charge in [-0.1, -0.05) is 42.5 Å². The Hall–Kier alpha value is -3.80. The number of nitrogens with zero attached hydrogens (tertiary/aromatic N) is 5. The molecule has 1 amide bonds. The highest BCUT2D eigenvalue weighted by Crippen LogP contribution is 2.29. The van der Waals surface area contributed by atoms with Crippen molar-refractivity contribution in [3.63, 3.8) is 0 Å². The fourth-order valence-corrected chi connectivity index (χ4v) is 3.48. The molecule has 1 aliphatic heterocycles. The van der Waals surface area contributed by atoms with Gasteiger partial charge < -0.3 is 4.90 Å². The lowest BCUT2D eigenvalue weighted by Crippen LogP contribution is -2.30. The summed E-state index contributed by atoms with van der Waals surface area (Å²) in [5.74, 6) is -0.170. The first-order chi connectivity index (χ1) is 14.1. The van der Waals surface area contributed by atoms with Crippen LogP contribution >= 0.6 is 0 Å². The molecule has 0 atom stereocenters. The van der Waals surface area contributed by atoms with E-state index in [1.165, 1.54) is 0 Å². The van der Waals surface area contributed by atoms with Crippen LogP contribution in [0.1, 0.15) is 22.5 Å². The number of aryl methyl sites for hydroxylation is 1. The van der Waals surface area contributed by atoms with Gasteiger partial charge in [-0.25, -0.2) is 4.68 Å². The van der Waals surface area contributed by atoms with Gasteiger partial charge in [-0.2, -0.15) is 10.2 Å².